The summed E-state index contributed by atoms with van der Waals surface area (Å²) in [7, 11) is 0. The van der Waals surface area contributed by atoms with Crippen molar-refractivity contribution < 1.29 is 14.0 Å². The smallest absolute Gasteiger partial charge is 0.318 e. The minimum Gasteiger partial charge on any atom is -0.357 e. The highest BCUT2D eigenvalue weighted by atomic mass is 19.1. The second-order valence-electron chi connectivity index (χ2n) is 6.49. The Kier molecular flexibility index (Phi) is 4.50. The monoisotopic (exact) mass is 366 g/mol. The molecule has 0 aliphatic carbocycles. The normalized spacial score (nSPS) is 13.3. The number of halogens is 1. The van der Waals surface area contributed by atoms with Crippen LogP contribution in [0, 0.1) is 5.82 Å². The molecular formula is C20H19FN4O2. The van der Waals surface area contributed by atoms with Gasteiger partial charge in [0.15, 0.2) is 0 Å². The van der Waals surface area contributed by atoms with Crippen LogP contribution in [0.5, 0.6) is 0 Å². The number of fused-ring (bicyclic) bond motifs is 3. The highest BCUT2D eigenvalue weighted by molar-refractivity contribution is 5.94. The van der Waals surface area contributed by atoms with E-state index in [4.69, 9.17) is 0 Å². The molecule has 0 radical (unpaired) electrons. The maximum absolute atomic E-state index is 13.6. The van der Waals surface area contributed by atoms with Crippen molar-refractivity contribution in [2.75, 3.05) is 18.4 Å². The molecule has 0 bridgehead atoms. The molecule has 3 aromatic rings. The number of para-hydroxylation sites is 2. The zero-order valence-corrected chi connectivity index (χ0v) is 14.6. The van der Waals surface area contributed by atoms with Gasteiger partial charge in [0, 0.05) is 23.1 Å². The largest absolute Gasteiger partial charge is 0.357 e. The van der Waals surface area contributed by atoms with Crippen molar-refractivity contribution in [3.8, 4) is 0 Å². The molecule has 0 saturated carbocycles. The van der Waals surface area contributed by atoms with Crippen LogP contribution in [0.3, 0.4) is 0 Å². The van der Waals surface area contributed by atoms with Crippen LogP contribution >= 0.6 is 0 Å². The molecule has 4 rings (SSSR count). The molecule has 1 aromatic heterocycles. The first-order valence-electron chi connectivity index (χ1n) is 8.77. The number of aromatic nitrogens is 1. The van der Waals surface area contributed by atoms with Gasteiger partial charge in [-0.2, -0.15) is 0 Å². The number of nitrogens with one attached hydrogen (secondary N) is 3. The maximum atomic E-state index is 13.6. The van der Waals surface area contributed by atoms with Gasteiger partial charge < -0.3 is 20.5 Å². The Morgan fingerprint density at radius 2 is 1.89 bits per heavy atom. The minimum absolute atomic E-state index is 0.0949. The van der Waals surface area contributed by atoms with Crippen LogP contribution in [0.4, 0.5) is 14.9 Å². The van der Waals surface area contributed by atoms with Gasteiger partial charge in [-0.25, -0.2) is 9.18 Å². The predicted octanol–water partition coefficient (Wildman–Crippen LogP) is 3.01. The van der Waals surface area contributed by atoms with E-state index in [0.717, 1.165) is 17.6 Å². The fourth-order valence-electron chi connectivity index (χ4n) is 3.39. The summed E-state index contributed by atoms with van der Waals surface area (Å²) in [6.45, 7) is 0.823. The van der Waals surface area contributed by atoms with Gasteiger partial charge in [0.25, 0.3) is 0 Å². The molecule has 1 aliphatic heterocycles. The highest BCUT2D eigenvalue weighted by Crippen LogP contribution is 2.27. The van der Waals surface area contributed by atoms with Gasteiger partial charge in [-0.15, -0.1) is 0 Å². The Hall–Kier alpha value is -3.35. The molecule has 0 atom stereocenters. The Morgan fingerprint density at radius 3 is 2.74 bits per heavy atom. The van der Waals surface area contributed by atoms with Crippen LogP contribution in [-0.4, -0.2) is 34.9 Å². The van der Waals surface area contributed by atoms with E-state index in [1.165, 1.54) is 23.1 Å². The summed E-state index contributed by atoms with van der Waals surface area (Å²) < 4.78 is 13.6. The molecule has 0 saturated heterocycles. The van der Waals surface area contributed by atoms with Crippen molar-refractivity contribution in [3.05, 3.63) is 65.6 Å². The molecule has 0 spiro atoms. The van der Waals surface area contributed by atoms with Crippen LogP contribution in [-0.2, 0) is 17.8 Å². The van der Waals surface area contributed by atoms with Crippen molar-refractivity contribution in [1.82, 2.24) is 15.2 Å². The van der Waals surface area contributed by atoms with Crippen molar-refractivity contribution >= 4 is 28.5 Å². The Morgan fingerprint density at radius 1 is 1.11 bits per heavy atom. The fraction of sp³-hybridized carbons (Fsp3) is 0.200. The average Bonchev–Trinajstić information content (AvgIpc) is 3.05. The second-order valence-corrected chi connectivity index (χ2v) is 6.49. The van der Waals surface area contributed by atoms with Gasteiger partial charge >= 0.3 is 6.03 Å². The number of urea groups is 1. The summed E-state index contributed by atoms with van der Waals surface area (Å²) in [6.07, 6.45) is 0.758. The first-order chi connectivity index (χ1) is 13.1. The maximum Gasteiger partial charge on any atom is 0.318 e. The summed E-state index contributed by atoms with van der Waals surface area (Å²) in [6, 6.07) is 13.7. The van der Waals surface area contributed by atoms with Crippen molar-refractivity contribution in [2.24, 2.45) is 0 Å². The van der Waals surface area contributed by atoms with E-state index >= 15 is 0 Å². The van der Waals surface area contributed by atoms with Crippen LogP contribution in [0.25, 0.3) is 10.9 Å². The Bertz CT molecular complexity index is 1010. The summed E-state index contributed by atoms with van der Waals surface area (Å²) in [5, 5.41) is 6.24. The fourth-order valence-corrected chi connectivity index (χ4v) is 3.39. The minimum atomic E-state index is -0.514. The first-order valence-corrected chi connectivity index (χ1v) is 8.77. The van der Waals surface area contributed by atoms with E-state index in [0.29, 0.717) is 13.1 Å². The van der Waals surface area contributed by atoms with Gasteiger partial charge in [-0.1, -0.05) is 30.3 Å². The number of rotatable bonds is 3. The van der Waals surface area contributed by atoms with Crippen LogP contribution in [0.1, 0.15) is 11.3 Å². The predicted molar refractivity (Wildman–Crippen MR) is 101 cm³/mol. The lowest BCUT2D eigenvalue weighted by atomic mass is 10.0. The molecule has 2 aromatic carbocycles. The molecule has 6 nitrogen and oxygen atoms in total. The van der Waals surface area contributed by atoms with Gasteiger partial charge in [-0.3, -0.25) is 4.79 Å². The zero-order valence-electron chi connectivity index (χ0n) is 14.6. The number of benzene rings is 2. The van der Waals surface area contributed by atoms with E-state index in [1.807, 2.05) is 18.2 Å². The molecular weight excluding hydrogens is 347 g/mol. The number of carbonyl (C=O) groups excluding carboxylic acids is 2. The molecule has 0 fully saturated rings. The van der Waals surface area contributed by atoms with Gasteiger partial charge in [-0.05, 0) is 30.2 Å². The van der Waals surface area contributed by atoms with E-state index in [1.54, 1.807) is 17.0 Å². The number of nitrogens with zero attached hydrogens (tertiary/aromatic N) is 1. The van der Waals surface area contributed by atoms with Crippen molar-refractivity contribution in [2.45, 2.75) is 13.0 Å². The number of H-pyrrole nitrogens is 1. The van der Waals surface area contributed by atoms with E-state index < -0.39 is 11.7 Å². The number of aromatic amines is 1. The van der Waals surface area contributed by atoms with E-state index in [-0.39, 0.29) is 18.3 Å². The molecule has 3 N–H and O–H groups in total. The summed E-state index contributed by atoms with van der Waals surface area (Å²) in [4.78, 5) is 29.4. The number of anilines is 1. The third-order valence-corrected chi connectivity index (χ3v) is 4.72. The van der Waals surface area contributed by atoms with Crippen molar-refractivity contribution in [1.29, 1.82) is 0 Å². The number of hydrogen-bond acceptors (Lipinski definition) is 2. The molecule has 7 heteroatoms. The van der Waals surface area contributed by atoms with Crippen LogP contribution < -0.4 is 10.6 Å². The van der Waals surface area contributed by atoms with E-state index in [2.05, 4.69) is 21.7 Å². The second kappa shape index (κ2) is 7.11. The quantitative estimate of drug-likeness (QED) is 0.666. The SMILES string of the molecule is O=C(CNC(=O)N1CCc2c([nH]c3ccccc23)C1)Nc1ccccc1F. The number of amides is 3. The molecule has 3 amide bonds. The van der Waals surface area contributed by atoms with Crippen LogP contribution in [0.15, 0.2) is 48.5 Å². The average molecular weight is 366 g/mol. The molecule has 0 unspecified atom stereocenters. The Labute approximate surface area is 155 Å². The summed E-state index contributed by atoms with van der Waals surface area (Å²) >= 11 is 0. The molecule has 1 aliphatic rings. The molecule has 2 heterocycles. The standard InChI is InChI=1S/C20H19FN4O2/c21-15-6-2-4-8-17(15)24-19(26)11-22-20(27)25-10-9-14-13-5-1-3-7-16(13)23-18(14)12-25/h1-8,23H,9-12H2,(H,22,27)(H,24,26). The molecule has 138 valence electrons. The van der Waals surface area contributed by atoms with Crippen molar-refractivity contribution in [3.63, 3.8) is 0 Å². The highest BCUT2D eigenvalue weighted by Gasteiger charge is 2.24. The number of carbonyl (C=O) groups is 2. The summed E-state index contributed by atoms with van der Waals surface area (Å²) in [5.41, 5.74) is 3.42. The zero-order chi connectivity index (χ0) is 18.8. The third kappa shape index (κ3) is 3.48. The third-order valence-electron chi connectivity index (χ3n) is 4.72. The summed E-state index contributed by atoms with van der Waals surface area (Å²) in [5.74, 6) is -0.990. The lowest BCUT2D eigenvalue weighted by Crippen LogP contribution is -2.45. The van der Waals surface area contributed by atoms with Crippen LogP contribution in [0.2, 0.25) is 0 Å². The lowest BCUT2D eigenvalue weighted by molar-refractivity contribution is -0.115. The lowest BCUT2D eigenvalue weighted by Gasteiger charge is -2.27. The van der Waals surface area contributed by atoms with Gasteiger partial charge in [0.1, 0.15) is 5.82 Å². The van der Waals surface area contributed by atoms with Gasteiger partial charge in [0.05, 0.1) is 18.8 Å². The van der Waals surface area contributed by atoms with Gasteiger partial charge in [0.2, 0.25) is 5.91 Å². The Balaban J connectivity index is 1.35. The first kappa shape index (κ1) is 17.1. The van der Waals surface area contributed by atoms with E-state index in [9.17, 15) is 14.0 Å². The topological polar surface area (TPSA) is 77.2 Å². The molecule has 27 heavy (non-hydrogen) atoms. The number of hydrogen-bond donors (Lipinski definition) is 3.